The van der Waals surface area contributed by atoms with Gasteiger partial charge in [-0.3, -0.25) is 14.7 Å². The predicted octanol–water partition coefficient (Wildman–Crippen LogP) is 2.59. The van der Waals surface area contributed by atoms with E-state index >= 15 is 0 Å². The van der Waals surface area contributed by atoms with E-state index in [-0.39, 0.29) is 18.3 Å². The van der Waals surface area contributed by atoms with Crippen molar-refractivity contribution in [2.45, 2.75) is 25.4 Å². The van der Waals surface area contributed by atoms with E-state index in [1.165, 1.54) is 24.1 Å². The molecule has 0 radical (unpaired) electrons. The van der Waals surface area contributed by atoms with Crippen LogP contribution in [0, 0.1) is 5.82 Å². The third-order valence-corrected chi connectivity index (χ3v) is 4.98. The molecule has 0 bridgehead atoms. The molecule has 2 aromatic rings. The number of anilines is 1. The van der Waals surface area contributed by atoms with Crippen LogP contribution in [0.25, 0.3) is 0 Å². The Labute approximate surface area is 171 Å². The van der Waals surface area contributed by atoms with E-state index in [1.807, 2.05) is 6.07 Å². The molecule has 3 rings (SSSR count). The molecule has 1 amide bonds. The monoisotopic (exact) mass is 397 g/mol. The Kier molecular flexibility index (Phi) is 7.58. The summed E-state index contributed by atoms with van der Waals surface area (Å²) in [5, 5.41) is 8.98. The first-order valence-electron chi connectivity index (χ1n) is 9.92. The van der Waals surface area contributed by atoms with Crippen LogP contribution in [0.5, 0.6) is 0 Å². The fourth-order valence-corrected chi connectivity index (χ4v) is 3.52. The van der Waals surface area contributed by atoms with E-state index in [9.17, 15) is 9.18 Å². The van der Waals surface area contributed by atoms with Gasteiger partial charge in [-0.15, -0.1) is 0 Å². The Hall–Kier alpha value is -2.93. The van der Waals surface area contributed by atoms with Gasteiger partial charge in [0.2, 0.25) is 5.91 Å². The van der Waals surface area contributed by atoms with Gasteiger partial charge in [-0.05, 0) is 43.1 Å². The Morgan fingerprint density at radius 3 is 2.76 bits per heavy atom. The maximum absolute atomic E-state index is 13.2. The maximum Gasteiger partial charge on any atom is 0.243 e. The summed E-state index contributed by atoms with van der Waals surface area (Å²) in [4.78, 5) is 18.7. The molecule has 1 heterocycles. The van der Waals surface area contributed by atoms with Crippen LogP contribution in [0.1, 0.15) is 18.4 Å². The van der Waals surface area contributed by atoms with Gasteiger partial charge >= 0.3 is 0 Å². The zero-order valence-electron chi connectivity index (χ0n) is 16.7. The van der Waals surface area contributed by atoms with Gasteiger partial charge in [0.15, 0.2) is 5.96 Å². The summed E-state index contributed by atoms with van der Waals surface area (Å²) >= 11 is 0. The van der Waals surface area contributed by atoms with Crippen LogP contribution in [0.4, 0.5) is 10.1 Å². The minimum atomic E-state index is -0.384. The van der Waals surface area contributed by atoms with Crippen molar-refractivity contribution in [3.05, 3.63) is 66.0 Å². The Balaban J connectivity index is 1.43. The molecule has 2 aromatic carbocycles. The number of guanidine groups is 1. The van der Waals surface area contributed by atoms with Crippen molar-refractivity contribution in [2.75, 3.05) is 32.0 Å². The number of amides is 1. The molecule has 1 fully saturated rings. The van der Waals surface area contributed by atoms with E-state index in [2.05, 4.69) is 50.1 Å². The van der Waals surface area contributed by atoms with Gasteiger partial charge in [0.1, 0.15) is 5.82 Å². The summed E-state index contributed by atoms with van der Waals surface area (Å²) in [6.07, 6.45) is 2.32. The predicted molar refractivity (Wildman–Crippen MR) is 114 cm³/mol. The molecular formula is C22H28FN5O. The summed E-state index contributed by atoms with van der Waals surface area (Å²) in [5.74, 6) is -0.0686. The maximum atomic E-state index is 13.2. The number of carbonyl (C=O) groups excluding carboxylic acids is 1. The number of aliphatic imine (C=N–C) groups is 1. The summed E-state index contributed by atoms with van der Waals surface area (Å²) in [6.45, 7) is 2.84. The van der Waals surface area contributed by atoms with Crippen LogP contribution < -0.4 is 16.0 Å². The first kappa shape index (κ1) is 20.8. The standard InChI is InChI=1S/C22H28FN5O/c1-24-22(26-15-21(29)27-19-10-5-9-18(23)13-19)25-14-20-11-6-12-28(20)16-17-7-3-2-4-8-17/h2-5,7-10,13,20H,6,11-12,14-16H2,1H3,(H,27,29)(H2,24,25,26). The van der Waals surface area contributed by atoms with Crippen molar-refractivity contribution < 1.29 is 9.18 Å². The molecule has 0 aromatic heterocycles. The fourth-order valence-electron chi connectivity index (χ4n) is 3.52. The smallest absolute Gasteiger partial charge is 0.243 e. The second-order valence-corrected chi connectivity index (χ2v) is 7.12. The number of benzene rings is 2. The Bertz CT molecular complexity index is 827. The number of carbonyl (C=O) groups is 1. The third-order valence-electron chi connectivity index (χ3n) is 4.98. The molecule has 1 saturated heterocycles. The molecule has 0 spiro atoms. The summed E-state index contributed by atoms with van der Waals surface area (Å²) in [5.41, 5.74) is 1.75. The lowest BCUT2D eigenvalue weighted by Crippen LogP contribution is -2.46. The molecule has 0 saturated carbocycles. The number of rotatable bonds is 7. The number of nitrogens with zero attached hydrogens (tertiary/aromatic N) is 2. The number of hydrogen-bond donors (Lipinski definition) is 3. The molecule has 3 N–H and O–H groups in total. The Morgan fingerprint density at radius 2 is 2.00 bits per heavy atom. The number of nitrogens with one attached hydrogen (secondary N) is 3. The summed E-state index contributed by atoms with van der Waals surface area (Å²) < 4.78 is 13.2. The van der Waals surface area contributed by atoms with Gasteiger partial charge in [-0.2, -0.15) is 0 Å². The molecule has 154 valence electrons. The van der Waals surface area contributed by atoms with Gasteiger partial charge in [-0.1, -0.05) is 36.4 Å². The zero-order chi connectivity index (χ0) is 20.5. The highest BCUT2D eigenvalue weighted by Crippen LogP contribution is 2.19. The van der Waals surface area contributed by atoms with E-state index in [0.717, 1.165) is 26.1 Å². The molecule has 7 heteroatoms. The van der Waals surface area contributed by atoms with E-state index < -0.39 is 0 Å². The van der Waals surface area contributed by atoms with Crippen LogP contribution in [0.2, 0.25) is 0 Å². The van der Waals surface area contributed by atoms with Crippen LogP contribution in [-0.2, 0) is 11.3 Å². The lowest BCUT2D eigenvalue weighted by Gasteiger charge is -2.25. The van der Waals surface area contributed by atoms with Crippen molar-refractivity contribution in [2.24, 2.45) is 4.99 Å². The van der Waals surface area contributed by atoms with Crippen molar-refractivity contribution in [3.8, 4) is 0 Å². The van der Waals surface area contributed by atoms with Crippen LogP contribution in [0.15, 0.2) is 59.6 Å². The third kappa shape index (κ3) is 6.57. The number of likely N-dealkylation sites (tertiary alicyclic amines) is 1. The lowest BCUT2D eigenvalue weighted by molar-refractivity contribution is -0.115. The molecule has 1 aliphatic heterocycles. The Morgan fingerprint density at radius 1 is 1.17 bits per heavy atom. The second kappa shape index (κ2) is 10.6. The fraction of sp³-hybridized carbons (Fsp3) is 0.364. The average molecular weight is 397 g/mol. The van der Waals surface area contributed by atoms with E-state index in [1.54, 1.807) is 19.2 Å². The first-order valence-corrected chi connectivity index (χ1v) is 9.92. The molecule has 0 aliphatic carbocycles. The highest BCUT2D eigenvalue weighted by Gasteiger charge is 2.24. The highest BCUT2D eigenvalue weighted by atomic mass is 19.1. The van der Waals surface area contributed by atoms with Crippen LogP contribution >= 0.6 is 0 Å². The minimum absolute atomic E-state index is 0.0502. The molecule has 1 aliphatic rings. The number of halogens is 1. The normalized spacial score (nSPS) is 17.2. The van der Waals surface area contributed by atoms with Crippen molar-refractivity contribution in [1.82, 2.24) is 15.5 Å². The lowest BCUT2D eigenvalue weighted by atomic mass is 10.2. The molecule has 1 unspecified atom stereocenters. The van der Waals surface area contributed by atoms with Gasteiger partial charge in [0.25, 0.3) is 0 Å². The van der Waals surface area contributed by atoms with Crippen molar-refractivity contribution in [3.63, 3.8) is 0 Å². The van der Waals surface area contributed by atoms with Gasteiger partial charge in [0, 0.05) is 31.9 Å². The van der Waals surface area contributed by atoms with E-state index in [0.29, 0.717) is 17.7 Å². The van der Waals surface area contributed by atoms with Crippen LogP contribution in [-0.4, -0.2) is 49.5 Å². The van der Waals surface area contributed by atoms with Gasteiger partial charge < -0.3 is 16.0 Å². The summed E-state index contributed by atoms with van der Waals surface area (Å²) in [6, 6.07) is 16.7. The second-order valence-electron chi connectivity index (χ2n) is 7.12. The van der Waals surface area contributed by atoms with Crippen molar-refractivity contribution >= 4 is 17.6 Å². The van der Waals surface area contributed by atoms with Crippen molar-refractivity contribution in [1.29, 1.82) is 0 Å². The molecule has 6 nitrogen and oxygen atoms in total. The largest absolute Gasteiger partial charge is 0.355 e. The first-order chi connectivity index (χ1) is 14.1. The summed E-state index contributed by atoms with van der Waals surface area (Å²) in [7, 11) is 1.68. The van der Waals surface area contributed by atoms with Crippen LogP contribution in [0.3, 0.4) is 0 Å². The highest BCUT2D eigenvalue weighted by molar-refractivity contribution is 5.94. The SMILES string of the molecule is CN=C(NCC(=O)Nc1cccc(F)c1)NCC1CCCN1Cc1ccccc1. The average Bonchev–Trinajstić information content (AvgIpc) is 3.16. The number of hydrogen-bond acceptors (Lipinski definition) is 3. The molecule has 29 heavy (non-hydrogen) atoms. The van der Waals surface area contributed by atoms with Gasteiger partial charge in [-0.25, -0.2) is 4.39 Å². The minimum Gasteiger partial charge on any atom is -0.355 e. The topological polar surface area (TPSA) is 68.8 Å². The molecule has 1 atom stereocenters. The van der Waals surface area contributed by atoms with Gasteiger partial charge in [0.05, 0.1) is 6.54 Å². The van der Waals surface area contributed by atoms with E-state index in [4.69, 9.17) is 0 Å². The zero-order valence-corrected chi connectivity index (χ0v) is 16.7. The quantitative estimate of drug-likeness (QED) is 0.496. The molecular weight excluding hydrogens is 369 g/mol.